The smallest absolute Gasteiger partial charge is 0.321 e. The molecule has 1 aromatic carbocycles. The van der Waals surface area contributed by atoms with Crippen LogP contribution >= 0.6 is 15.9 Å². The summed E-state index contributed by atoms with van der Waals surface area (Å²) in [5.41, 5.74) is 2.44. The number of rotatable bonds is 3. The maximum absolute atomic E-state index is 12.3. The lowest BCUT2D eigenvalue weighted by Crippen LogP contribution is -2.35. The molecular formula is C18H22BrN5O2. The second-order valence-electron chi connectivity index (χ2n) is 6.37. The SMILES string of the molecule is Cc1[nH]nc(C(=O)Nc2ccc(NC(=O)N3CCCCCC3)cc2)c1Br. The Kier molecular flexibility index (Phi) is 5.92. The van der Waals surface area contributed by atoms with Gasteiger partial charge in [-0.2, -0.15) is 5.10 Å². The van der Waals surface area contributed by atoms with E-state index in [0.29, 0.717) is 21.5 Å². The van der Waals surface area contributed by atoms with E-state index in [0.717, 1.165) is 31.6 Å². The first-order valence-corrected chi connectivity index (χ1v) is 9.51. The van der Waals surface area contributed by atoms with Crippen molar-refractivity contribution < 1.29 is 9.59 Å². The molecule has 0 bridgehead atoms. The van der Waals surface area contributed by atoms with Gasteiger partial charge in [-0.25, -0.2) is 4.79 Å². The Morgan fingerprint density at radius 1 is 1.04 bits per heavy atom. The first-order valence-electron chi connectivity index (χ1n) is 8.72. The summed E-state index contributed by atoms with van der Waals surface area (Å²) in [6.45, 7) is 3.44. The third-order valence-corrected chi connectivity index (χ3v) is 5.35. The van der Waals surface area contributed by atoms with Gasteiger partial charge in [-0.15, -0.1) is 0 Å². The monoisotopic (exact) mass is 419 g/mol. The fraction of sp³-hybridized carbons (Fsp3) is 0.389. The van der Waals surface area contributed by atoms with Crippen LogP contribution in [0.5, 0.6) is 0 Å². The average Bonchev–Trinajstić information content (AvgIpc) is 2.83. The molecule has 1 aromatic heterocycles. The second kappa shape index (κ2) is 8.35. The zero-order valence-electron chi connectivity index (χ0n) is 14.6. The minimum absolute atomic E-state index is 0.0698. The average molecular weight is 420 g/mol. The number of anilines is 2. The van der Waals surface area contributed by atoms with Crippen LogP contribution in [0.2, 0.25) is 0 Å². The van der Waals surface area contributed by atoms with Gasteiger partial charge in [-0.05, 0) is 60.0 Å². The van der Waals surface area contributed by atoms with E-state index in [1.54, 1.807) is 24.3 Å². The van der Waals surface area contributed by atoms with E-state index in [-0.39, 0.29) is 11.9 Å². The molecular weight excluding hydrogens is 398 g/mol. The molecule has 1 saturated heterocycles. The molecule has 1 fully saturated rings. The number of amides is 3. The van der Waals surface area contributed by atoms with E-state index in [1.807, 2.05) is 11.8 Å². The molecule has 7 nitrogen and oxygen atoms in total. The van der Waals surface area contributed by atoms with Crippen molar-refractivity contribution in [2.45, 2.75) is 32.6 Å². The van der Waals surface area contributed by atoms with Gasteiger partial charge in [0.1, 0.15) is 0 Å². The summed E-state index contributed by atoms with van der Waals surface area (Å²) < 4.78 is 0.649. The van der Waals surface area contributed by atoms with Crippen molar-refractivity contribution >= 4 is 39.2 Å². The van der Waals surface area contributed by atoms with Crippen LogP contribution in [-0.4, -0.2) is 40.1 Å². The number of aromatic nitrogens is 2. The van der Waals surface area contributed by atoms with Crippen molar-refractivity contribution in [3.8, 4) is 0 Å². The fourth-order valence-corrected chi connectivity index (χ4v) is 3.23. The molecule has 8 heteroatoms. The topological polar surface area (TPSA) is 90.1 Å². The minimum atomic E-state index is -0.303. The number of urea groups is 1. The number of carbonyl (C=O) groups excluding carboxylic acids is 2. The fourth-order valence-electron chi connectivity index (χ4n) is 2.87. The molecule has 0 unspecified atom stereocenters. The van der Waals surface area contributed by atoms with Gasteiger partial charge in [0.25, 0.3) is 5.91 Å². The summed E-state index contributed by atoms with van der Waals surface area (Å²) in [7, 11) is 0. The molecule has 0 spiro atoms. The summed E-state index contributed by atoms with van der Waals surface area (Å²) in [5.74, 6) is -0.303. The molecule has 0 radical (unpaired) electrons. The molecule has 3 amide bonds. The van der Waals surface area contributed by atoms with Crippen molar-refractivity contribution in [3.05, 3.63) is 40.1 Å². The number of nitrogens with zero attached hydrogens (tertiary/aromatic N) is 2. The molecule has 2 aromatic rings. The van der Waals surface area contributed by atoms with Crippen LogP contribution in [0.25, 0.3) is 0 Å². The zero-order chi connectivity index (χ0) is 18.5. The highest BCUT2D eigenvalue weighted by atomic mass is 79.9. The van der Waals surface area contributed by atoms with Crippen LogP contribution in [0.3, 0.4) is 0 Å². The third-order valence-electron chi connectivity index (χ3n) is 4.37. The van der Waals surface area contributed by atoms with Gasteiger partial charge in [0, 0.05) is 30.2 Å². The van der Waals surface area contributed by atoms with Gasteiger partial charge in [-0.1, -0.05) is 12.8 Å². The van der Waals surface area contributed by atoms with E-state index in [4.69, 9.17) is 0 Å². The van der Waals surface area contributed by atoms with Crippen LogP contribution < -0.4 is 10.6 Å². The lowest BCUT2D eigenvalue weighted by molar-refractivity contribution is 0.102. The number of aromatic amines is 1. The zero-order valence-corrected chi connectivity index (χ0v) is 16.2. The number of aryl methyl sites for hydroxylation is 1. The molecule has 0 aliphatic carbocycles. The number of nitrogens with one attached hydrogen (secondary N) is 3. The number of benzene rings is 1. The van der Waals surface area contributed by atoms with E-state index < -0.39 is 0 Å². The highest BCUT2D eigenvalue weighted by Gasteiger charge is 2.17. The molecule has 0 atom stereocenters. The Morgan fingerprint density at radius 2 is 1.62 bits per heavy atom. The Bertz CT molecular complexity index is 779. The quantitative estimate of drug-likeness (QED) is 0.697. The summed E-state index contributed by atoms with van der Waals surface area (Å²) >= 11 is 3.34. The van der Waals surface area contributed by atoms with Gasteiger partial charge >= 0.3 is 6.03 Å². The van der Waals surface area contributed by atoms with Crippen LogP contribution in [0.15, 0.2) is 28.7 Å². The van der Waals surface area contributed by atoms with E-state index in [9.17, 15) is 9.59 Å². The van der Waals surface area contributed by atoms with Gasteiger partial charge < -0.3 is 15.5 Å². The number of H-pyrrole nitrogens is 1. The predicted molar refractivity (Wildman–Crippen MR) is 104 cm³/mol. The first-order chi connectivity index (χ1) is 12.5. The highest BCUT2D eigenvalue weighted by molar-refractivity contribution is 9.10. The number of carbonyl (C=O) groups is 2. The Morgan fingerprint density at radius 3 is 2.15 bits per heavy atom. The molecule has 2 heterocycles. The van der Waals surface area contributed by atoms with Crippen LogP contribution in [0.1, 0.15) is 41.9 Å². The van der Waals surface area contributed by atoms with Crippen molar-refractivity contribution in [2.75, 3.05) is 23.7 Å². The van der Waals surface area contributed by atoms with Gasteiger partial charge in [-0.3, -0.25) is 9.89 Å². The molecule has 0 saturated carbocycles. The van der Waals surface area contributed by atoms with Crippen molar-refractivity contribution in [1.82, 2.24) is 15.1 Å². The Hall–Kier alpha value is -2.35. The van der Waals surface area contributed by atoms with E-state index in [1.165, 1.54) is 12.8 Å². The van der Waals surface area contributed by atoms with Gasteiger partial charge in [0.05, 0.1) is 4.47 Å². The lowest BCUT2D eigenvalue weighted by atomic mass is 10.2. The summed E-state index contributed by atoms with van der Waals surface area (Å²) in [6, 6.07) is 6.98. The predicted octanol–water partition coefficient (Wildman–Crippen LogP) is 4.14. The second-order valence-corrected chi connectivity index (χ2v) is 7.17. The number of likely N-dealkylation sites (tertiary alicyclic amines) is 1. The highest BCUT2D eigenvalue weighted by Crippen LogP contribution is 2.20. The van der Waals surface area contributed by atoms with E-state index >= 15 is 0 Å². The Balaban J connectivity index is 1.58. The molecule has 1 aliphatic heterocycles. The van der Waals surface area contributed by atoms with Gasteiger partial charge in [0.15, 0.2) is 5.69 Å². The number of hydrogen-bond acceptors (Lipinski definition) is 3. The maximum Gasteiger partial charge on any atom is 0.321 e. The van der Waals surface area contributed by atoms with Crippen molar-refractivity contribution in [3.63, 3.8) is 0 Å². The van der Waals surface area contributed by atoms with Crippen LogP contribution in [-0.2, 0) is 0 Å². The molecule has 3 rings (SSSR count). The lowest BCUT2D eigenvalue weighted by Gasteiger charge is -2.20. The normalized spacial score (nSPS) is 14.6. The molecule has 3 N–H and O–H groups in total. The first kappa shape index (κ1) is 18.4. The largest absolute Gasteiger partial charge is 0.325 e. The third kappa shape index (κ3) is 4.43. The number of halogens is 1. The summed E-state index contributed by atoms with van der Waals surface area (Å²) in [5, 5.41) is 12.4. The van der Waals surface area contributed by atoms with E-state index in [2.05, 4.69) is 36.8 Å². The summed E-state index contributed by atoms with van der Waals surface area (Å²) in [6.07, 6.45) is 4.48. The minimum Gasteiger partial charge on any atom is -0.325 e. The number of hydrogen-bond donors (Lipinski definition) is 3. The molecule has 1 aliphatic rings. The summed E-state index contributed by atoms with van der Waals surface area (Å²) in [4.78, 5) is 26.4. The van der Waals surface area contributed by atoms with Crippen LogP contribution in [0, 0.1) is 6.92 Å². The van der Waals surface area contributed by atoms with Crippen molar-refractivity contribution in [1.29, 1.82) is 0 Å². The van der Waals surface area contributed by atoms with Gasteiger partial charge in [0.2, 0.25) is 0 Å². The standard InChI is InChI=1S/C18H22BrN5O2/c1-12-15(19)16(23-22-12)17(25)20-13-6-8-14(9-7-13)21-18(26)24-10-4-2-3-5-11-24/h6-9H,2-5,10-11H2,1H3,(H,20,25)(H,21,26)(H,22,23). The Labute approximate surface area is 160 Å². The molecule has 26 heavy (non-hydrogen) atoms. The van der Waals surface area contributed by atoms with Crippen LogP contribution in [0.4, 0.5) is 16.2 Å². The molecule has 138 valence electrons. The maximum atomic E-state index is 12.3. The van der Waals surface area contributed by atoms with Crippen molar-refractivity contribution in [2.24, 2.45) is 0 Å².